The lowest BCUT2D eigenvalue weighted by Crippen LogP contribution is -2.20. The molecule has 2 aromatic heterocycles. The topological polar surface area (TPSA) is 127 Å². The van der Waals surface area contributed by atoms with Crippen molar-refractivity contribution in [3.05, 3.63) is 82.1 Å². The molecular formula is C32H38N4O5S. The molecule has 222 valence electrons. The molecule has 9 nitrogen and oxygen atoms in total. The van der Waals surface area contributed by atoms with Gasteiger partial charge in [-0.2, -0.15) is 0 Å². The number of nitrogens with zero attached hydrogens (tertiary/aromatic N) is 3. The minimum absolute atomic E-state index is 0.0547. The highest BCUT2D eigenvalue weighted by atomic mass is 32.2. The predicted molar refractivity (Wildman–Crippen MR) is 161 cm³/mol. The molecule has 2 N–H and O–H groups in total. The van der Waals surface area contributed by atoms with Crippen LogP contribution < -0.4 is 4.72 Å². The van der Waals surface area contributed by atoms with Crippen molar-refractivity contribution >= 4 is 21.6 Å². The zero-order valence-corrected chi connectivity index (χ0v) is 25.6. The van der Waals surface area contributed by atoms with E-state index in [0.29, 0.717) is 46.7 Å². The summed E-state index contributed by atoms with van der Waals surface area (Å²) in [4.78, 5) is 18.0. The van der Waals surface area contributed by atoms with E-state index >= 15 is 0 Å². The van der Waals surface area contributed by atoms with Crippen molar-refractivity contribution < 1.29 is 22.8 Å². The molecule has 2 heterocycles. The number of fused-ring (bicyclic) bond motifs is 1. The second-order valence-electron chi connectivity index (χ2n) is 11.5. The third kappa shape index (κ3) is 5.78. The number of ketones is 1. The van der Waals surface area contributed by atoms with Crippen LogP contribution in [-0.2, 0) is 35.0 Å². The molecule has 42 heavy (non-hydrogen) atoms. The lowest BCUT2D eigenvalue weighted by Gasteiger charge is -2.24. The molecule has 10 heteroatoms. The molecule has 1 aliphatic rings. The highest BCUT2D eigenvalue weighted by Gasteiger charge is 2.28. The zero-order valence-electron chi connectivity index (χ0n) is 24.8. The lowest BCUT2D eigenvalue weighted by atomic mass is 9.88. The number of imidazole rings is 1. The van der Waals surface area contributed by atoms with E-state index in [-0.39, 0.29) is 16.5 Å². The van der Waals surface area contributed by atoms with Gasteiger partial charge in [0.2, 0.25) is 0 Å². The molecule has 1 aliphatic carbocycles. The largest absolute Gasteiger partial charge is 0.386 e. The van der Waals surface area contributed by atoms with Gasteiger partial charge >= 0.3 is 0 Å². The quantitative estimate of drug-likeness (QED) is 0.226. The van der Waals surface area contributed by atoms with Gasteiger partial charge in [0.15, 0.2) is 11.6 Å². The standard InChI is InChI=1S/C32H38N4O5S/c1-6-11-29-33-26-13-8-9-14-27(37)30(26)36(29)19-22-16-17-23(25(18-22)32(4,5)38)24-12-7-10-15-28(24)42(39,40)35-31-20(2)21(3)41-34-31/h7,10,12,15-18,38H,6,8-9,11,13-14,19H2,1-5H3,(H,34,35). The van der Waals surface area contributed by atoms with Crippen molar-refractivity contribution in [2.45, 2.75) is 90.2 Å². The number of rotatable bonds is 9. The van der Waals surface area contributed by atoms with Gasteiger partial charge in [0.25, 0.3) is 10.0 Å². The number of aryl methyl sites for hydroxylation is 3. The number of nitrogens with one attached hydrogen (secondary N) is 1. The number of Topliss-reactive ketones (excluding diaryl/α,β-unsaturated/α-hetero) is 1. The van der Waals surface area contributed by atoms with E-state index in [4.69, 9.17) is 9.51 Å². The molecule has 4 aromatic rings. The molecule has 2 aromatic carbocycles. The summed E-state index contributed by atoms with van der Waals surface area (Å²) in [6.45, 7) is 9.34. The van der Waals surface area contributed by atoms with E-state index in [9.17, 15) is 18.3 Å². The molecule has 5 rings (SSSR count). The van der Waals surface area contributed by atoms with Crippen LogP contribution in [0.3, 0.4) is 0 Å². The third-order valence-corrected chi connectivity index (χ3v) is 9.26. The Bertz CT molecular complexity index is 1740. The maximum atomic E-state index is 13.6. The number of aromatic nitrogens is 3. The first kappa shape index (κ1) is 29.7. The average Bonchev–Trinajstić information content (AvgIpc) is 3.36. The second-order valence-corrected chi connectivity index (χ2v) is 13.2. The lowest BCUT2D eigenvalue weighted by molar-refractivity contribution is 0.0790. The summed E-state index contributed by atoms with van der Waals surface area (Å²) in [5.41, 5.74) is 3.40. The van der Waals surface area contributed by atoms with E-state index in [1.54, 1.807) is 45.9 Å². The van der Waals surface area contributed by atoms with Gasteiger partial charge in [-0.15, -0.1) is 0 Å². The van der Waals surface area contributed by atoms with Crippen molar-refractivity contribution in [3.63, 3.8) is 0 Å². The minimum Gasteiger partial charge on any atom is -0.386 e. The molecule has 0 bridgehead atoms. The van der Waals surface area contributed by atoms with Gasteiger partial charge in [0, 0.05) is 30.5 Å². The monoisotopic (exact) mass is 590 g/mol. The van der Waals surface area contributed by atoms with E-state index in [1.807, 2.05) is 22.8 Å². The number of carbonyl (C=O) groups excluding carboxylic acids is 1. The molecule has 0 radical (unpaired) electrons. The minimum atomic E-state index is -4.05. The number of hydrogen-bond acceptors (Lipinski definition) is 7. The first-order valence-electron chi connectivity index (χ1n) is 14.4. The Kier molecular flexibility index (Phi) is 8.13. The molecule has 0 saturated heterocycles. The third-order valence-electron chi connectivity index (χ3n) is 7.86. The first-order valence-corrected chi connectivity index (χ1v) is 15.9. The summed E-state index contributed by atoms with van der Waals surface area (Å²) in [6.07, 6.45) is 4.80. The van der Waals surface area contributed by atoms with Gasteiger partial charge in [-0.3, -0.25) is 9.52 Å². The maximum Gasteiger partial charge on any atom is 0.263 e. The number of aliphatic hydroxyl groups is 1. The van der Waals surface area contributed by atoms with Crippen molar-refractivity contribution in [2.75, 3.05) is 4.72 Å². The number of benzene rings is 2. The van der Waals surface area contributed by atoms with E-state index in [0.717, 1.165) is 49.2 Å². The van der Waals surface area contributed by atoms with Crippen molar-refractivity contribution in [1.82, 2.24) is 14.7 Å². The van der Waals surface area contributed by atoms with Gasteiger partial charge in [0.05, 0.1) is 16.2 Å². The van der Waals surface area contributed by atoms with Crippen LogP contribution in [-0.4, -0.2) is 34.0 Å². The highest BCUT2D eigenvalue weighted by Crippen LogP contribution is 2.37. The second kappa shape index (κ2) is 11.5. The Morgan fingerprint density at radius 3 is 2.50 bits per heavy atom. The SMILES string of the molecule is CCCc1nc2c(n1Cc1ccc(-c3ccccc3S(=O)(=O)Nc3noc(C)c3C)c(C(C)(C)O)c1)C(=O)CCCC2. The number of sulfonamides is 1. The fraction of sp³-hybridized carbons (Fsp3) is 0.406. The van der Waals surface area contributed by atoms with Gasteiger partial charge in [-0.1, -0.05) is 48.5 Å². The molecule has 0 atom stereocenters. The summed E-state index contributed by atoms with van der Waals surface area (Å²) in [7, 11) is -4.05. The average molecular weight is 591 g/mol. The summed E-state index contributed by atoms with van der Waals surface area (Å²) in [5, 5.41) is 15.2. The van der Waals surface area contributed by atoms with Crippen LogP contribution in [0, 0.1) is 13.8 Å². The van der Waals surface area contributed by atoms with Gasteiger partial charge < -0.3 is 14.2 Å². The summed E-state index contributed by atoms with van der Waals surface area (Å²) >= 11 is 0. The van der Waals surface area contributed by atoms with Crippen LogP contribution in [0.2, 0.25) is 0 Å². The Labute approximate surface area is 247 Å². The van der Waals surface area contributed by atoms with Crippen LogP contribution in [0.25, 0.3) is 11.1 Å². The van der Waals surface area contributed by atoms with Crippen LogP contribution in [0.1, 0.15) is 90.9 Å². The van der Waals surface area contributed by atoms with Crippen LogP contribution in [0.5, 0.6) is 0 Å². The van der Waals surface area contributed by atoms with Crippen molar-refractivity contribution in [2.24, 2.45) is 0 Å². The van der Waals surface area contributed by atoms with Crippen LogP contribution in [0.15, 0.2) is 51.9 Å². The number of hydrogen-bond donors (Lipinski definition) is 2. The molecule has 0 spiro atoms. The molecular weight excluding hydrogens is 552 g/mol. The number of anilines is 1. The van der Waals surface area contributed by atoms with Crippen LogP contribution in [0.4, 0.5) is 5.82 Å². The number of carbonyl (C=O) groups is 1. The molecule has 0 saturated carbocycles. The molecule has 0 fully saturated rings. The Morgan fingerprint density at radius 2 is 1.81 bits per heavy atom. The van der Waals surface area contributed by atoms with Gasteiger partial charge in [0.1, 0.15) is 17.3 Å². The summed E-state index contributed by atoms with van der Waals surface area (Å²) in [6, 6.07) is 12.4. The van der Waals surface area contributed by atoms with Gasteiger partial charge in [-0.05, 0) is 76.1 Å². The maximum absolute atomic E-state index is 13.6. The summed E-state index contributed by atoms with van der Waals surface area (Å²) in [5.74, 6) is 1.69. The van der Waals surface area contributed by atoms with Crippen LogP contribution >= 0.6 is 0 Å². The first-order chi connectivity index (χ1) is 19.9. The van der Waals surface area contributed by atoms with Crippen molar-refractivity contribution in [1.29, 1.82) is 0 Å². The van der Waals surface area contributed by atoms with E-state index in [2.05, 4.69) is 16.8 Å². The van der Waals surface area contributed by atoms with Gasteiger partial charge in [-0.25, -0.2) is 13.4 Å². The molecule has 0 amide bonds. The zero-order chi connectivity index (χ0) is 30.2. The smallest absolute Gasteiger partial charge is 0.263 e. The van der Waals surface area contributed by atoms with Crippen molar-refractivity contribution in [3.8, 4) is 11.1 Å². The van der Waals surface area contributed by atoms with E-state index < -0.39 is 15.6 Å². The Hall–Kier alpha value is -3.76. The van der Waals surface area contributed by atoms with E-state index in [1.165, 1.54) is 6.07 Å². The highest BCUT2D eigenvalue weighted by molar-refractivity contribution is 7.92. The summed E-state index contributed by atoms with van der Waals surface area (Å²) < 4.78 is 36.9. The molecule has 0 aliphatic heterocycles. The Morgan fingerprint density at radius 1 is 1.07 bits per heavy atom. The predicted octanol–water partition coefficient (Wildman–Crippen LogP) is 6.09. The Balaban J connectivity index is 1.58. The fourth-order valence-electron chi connectivity index (χ4n) is 5.55. The normalized spacial score (nSPS) is 14.1. The fourth-order valence-corrected chi connectivity index (χ4v) is 6.83. The molecule has 0 unspecified atom stereocenters.